The average molecular weight is 375 g/mol. The van der Waals surface area contributed by atoms with Gasteiger partial charge in [-0.25, -0.2) is 4.79 Å². The lowest BCUT2D eigenvalue weighted by atomic mass is 9.96. The Labute approximate surface area is 152 Å². The molecule has 1 heterocycles. The number of carbonyl (C=O) groups excluding carboxylic acids is 1. The van der Waals surface area contributed by atoms with Crippen molar-refractivity contribution in [3.05, 3.63) is 69.5 Å². The Morgan fingerprint density at radius 3 is 2.37 bits per heavy atom. The van der Waals surface area contributed by atoms with Crippen LogP contribution >= 0.6 is 0 Å². The van der Waals surface area contributed by atoms with Gasteiger partial charge in [0.15, 0.2) is 0 Å². The van der Waals surface area contributed by atoms with Crippen LogP contribution in [0.5, 0.6) is 0 Å². The van der Waals surface area contributed by atoms with Gasteiger partial charge < -0.3 is 9.72 Å². The lowest BCUT2D eigenvalue weighted by Crippen LogP contribution is -2.09. The van der Waals surface area contributed by atoms with E-state index in [4.69, 9.17) is 4.74 Å². The highest BCUT2D eigenvalue weighted by Gasteiger charge is 2.32. The molecule has 3 aromatic rings. The van der Waals surface area contributed by atoms with Gasteiger partial charge in [-0.1, -0.05) is 12.1 Å². The second-order valence-corrected chi connectivity index (χ2v) is 6.06. The van der Waals surface area contributed by atoms with Crippen LogP contribution in [0.25, 0.3) is 22.0 Å². The molecule has 1 N–H and O–H groups in total. The Morgan fingerprint density at radius 1 is 1.11 bits per heavy atom. The van der Waals surface area contributed by atoms with E-state index in [2.05, 4.69) is 4.98 Å². The summed E-state index contributed by atoms with van der Waals surface area (Å²) in [4.78, 5) is 26.2. The summed E-state index contributed by atoms with van der Waals surface area (Å²) >= 11 is 0. The van der Waals surface area contributed by atoms with E-state index in [9.17, 15) is 22.8 Å². The van der Waals surface area contributed by atoms with Gasteiger partial charge in [0.2, 0.25) is 5.56 Å². The molecule has 0 saturated carbocycles. The normalized spacial score (nSPS) is 11.6. The number of halogens is 3. The molecule has 0 fully saturated rings. The van der Waals surface area contributed by atoms with Crippen molar-refractivity contribution in [1.29, 1.82) is 0 Å². The number of aryl methyl sites for hydroxylation is 1. The predicted octanol–water partition coefficient (Wildman–Crippen LogP) is 4.70. The number of aromatic amines is 1. The zero-order valence-electron chi connectivity index (χ0n) is 14.6. The van der Waals surface area contributed by atoms with Gasteiger partial charge in [-0.15, -0.1) is 0 Å². The molecule has 3 rings (SSSR count). The molecule has 0 bridgehead atoms. The van der Waals surface area contributed by atoms with Crippen molar-refractivity contribution < 1.29 is 22.7 Å². The Morgan fingerprint density at radius 2 is 1.78 bits per heavy atom. The second-order valence-electron chi connectivity index (χ2n) is 6.06. The summed E-state index contributed by atoms with van der Waals surface area (Å²) in [6, 6.07) is 9.30. The first-order chi connectivity index (χ1) is 12.7. The molecule has 0 aliphatic rings. The van der Waals surface area contributed by atoms with Gasteiger partial charge >= 0.3 is 12.1 Å². The molecule has 4 nitrogen and oxygen atoms in total. The molecule has 7 heteroatoms. The quantitative estimate of drug-likeness (QED) is 0.675. The summed E-state index contributed by atoms with van der Waals surface area (Å²) in [5, 5.41) is 0.314. The molecule has 0 atom stereocenters. The van der Waals surface area contributed by atoms with Crippen LogP contribution in [0.3, 0.4) is 0 Å². The fourth-order valence-electron chi connectivity index (χ4n) is 2.91. The number of hydrogen-bond acceptors (Lipinski definition) is 3. The summed E-state index contributed by atoms with van der Waals surface area (Å²) in [7, 11) is 0. The molecular weight excluding hydrogens is 359 g/mol. The summed E-state index contributed by atoms with van der Waals surface area (Å²) in [6.45, 7) is 3.49. The van der Waals surface area contributed by atoms with E-state index in [0.29, 0.717) is 27.6 Å². The lowest BCUT2D eigenvalue weighted by molar-refractivity contribution is -0.137. The van der Waals surface area contributed by atoms with Crippen molar-refractivity contribution in [3.63, 3.8) is 0 Å². The van der Waals surface area contributed by atoms with E-state index in [-0.39, 0.29) is 12.2 Å². The van der Waals surface area contributed by atoms with Crippen molar-refractivity contribution >= 4 is 16.9 Å². The van der Waals surface area contributed by atoms with Crippen LogP contribution in [-0.4, -0.2) is 17.6 Å². The number of benzene rings is 2. The predicted molar refractivity (Wildman–Crippen MR) is 95.7 cm³/mol. The third-order valence-electron chi connectivity index (χ3n) is 4.19. The topological polar surface area (TPSA) is 59.2 Å². The van der Waals surface area contributed by atoms with Crippen LogP contribution in [0.2, 0.25) is 0 Å². The van der Waals surface area contributed by atoms with Gasteiger partial charge in [-0.3, -0.25) is 4.79 Å². The summed E-state index contributed by atoms with van der Waals surface area (Å²) in [6.07, 6.45) is -4.53. The van der Waals surface area contributed by atoms with Gasteiger partial charge in [-0.2, -0.15) is 13.2 Å². The molecule has 0 unspecified atom stereocenters. The molecule has 0 spiro atoms. The van der Waals surface area contributed by atoms with Gasteiger partial charge in [-0.05, 0) is 49.2 Å². The van der Waals surface area contributed by atoms with E-state index in [1.807, 2.05) is 0 Å². The van der Waals surface area contributed by atoms with E-state index in [1.54, 1.807) is 13.8 Å². The van der Waals surface area contributed by atoms with Crippen LogP contribution in [0.4, 0.5) is 13.2 Å². The first-order valence-electron chi connectivity index (χ1n) is 8.23. The van der Waals surface area contributed by atoms with Crippen LogP contribution in [0, 0.1) is 6.92 Å². The molecule has 0 radical (unpaired) electrons. The second kappa shape index (κ2) is 6.90. The number of alkyl halides is 3. The van der Waals surface area contributed by atoms with Crippen LogP contribution < -0.4 is 5.56 Å². The summed E-state index contributed by atoms with van der Waals surface area (Å²) in [5.74, 6) is -0.512. The average Bonchev–Trinajstić information content (AvgIpc) is 2.60. The van der Waals surface area contributed by atoms with Gasteiger partial charge in [0.05, 0.1) is 23.3 Å². The molecular formula is C20H16F3NO3. The lowest BCUT2D eigenvalue weighted by Gasteiger charge is -2.14. The fraction of sp³-hybridized carbons (Fsp3) is 0.200. The molecule has 0 aliphatic carbocycles. The highest BCUT2D eigenvalue weighted by Crippen LogP contribution is 2.37. The number of aromatic nitrogens is 1. The minimum Gasteiger partial charge on any atom is -0.462 e. The largest absolute Gasteiger partial charge is 0.462 e. The van der Waals surface area contributed by atoms with Crippen LogP contribution in [0.1, 0.15) is 28.4 Å². The first kappa shape index (κ1) is 18.7. The van der Waals surface area contributed by atoms with Gasteiger partial charge in [0.1, 0.15) is 0 Å². The SMILES string of the molecule is CCOC(=O)c1ccc(-c2cc(C(F)(F)F)cc3c(C)cc(=O)[nH]c23)cc1. The molecule has 0 amide bonds. The standard InChI is InChI=1S/C20H16F3NO3/c1-3-27-19(26)13-6-4-12(5-7-13)16-10-14(20(21,22)23)9-15-11(2)8-17(25)24-18(15)16/h4-10H,3H2,1-2H3,(H,24,25). The highest BCUT2D eigenvalue weighted by molar-refractivity contribution is 5.97. The van der Waals surface area contributed by atoms with Crippen molar-refractivity contribution in [2.45, 2.75) is 20.0 Å². The Bertz CT molecular complexity index is 1070. The smallest absolute Gasteiger partial charge is 0.416 e. The number of ether oxygens (including phenoxy) is 1. The Hall–Kier alpha value is -3.09. The minimum atomic E-state index is -4.53. The number of pyridine rings is 1. The van der Waals surface area contributed by atoms with Crippen LogP contribution in [-0.2, 0) is 10.9 Å². The monoisotopic (exact) mass is 375 g/mol. The number of carbonyl (C=O) groups is 1. The Kier molecular flexibility index (Phi) is 4.78. The van der Waals surface area contributed by atoms with E-state index >= 15 is 0 Å². The fourth-order valence-corrected chi connectivity index (χ4v) is 2.91. The summed E-state index contributed by atoms with van der Waals surface area (Å²) < 4.78 is 44.9. The molecule has 0 aliphatic heterocycles. The zero-order chi connectivity index (χ0) is 19.8. The molecule has 140 valence electrons. The van der Waals surface area contributed by atoms with Gasteiger partial charge in [0, 0.05) is 17.0 Å². The number of esters is 1. The highest BCUT2D eigenvalue weighted by atomic mass is 19.4. The molecule has 2 aromatic carbocycles. The maximum Gasteiger partial charge on any atom is 0.416 e. The zero-order valence-corrected chi connectivity index (χ0v) is 14.6. The van der Waals surface area contributed by atoms with Gasteiger partial charge in [0.25, 0.3) is 0 Å². The van der Waals surface area contributed by atoms with Crippen molar-refractivity contribution in [2.75, 3.05) is 6.61 Å². The van der Waals surface area contributed by atoms with Crippen molar-refractivity contribution in [2.24, 2.45) is 0 Å². The first-order valence-corrected chi connectivity index (χ1v) is 8.23. The maximum absolute atomic E-state index is 13.3. The number of H-pyrrole nitrogens is 1. The van der Waals surface area contributed by atoms with Crippen molar-refractivity contribution in [3.8, 4) is 11.1 Å². The number of hydrogen-bond donors (Lipinski definition) is 1. The minimum absolute atomic E-state index is 0.222. The molecule has 0 saturated heterocycles. The van der Waals surface area contributed by atoms with E-state index in [0.717, 1.165) is 12.1 Å². The third kappa shape index (κ3) is 3.72. The van der Waals surface area contributed by atoms with E-state index in [1.165, 1.54) is 30.3 Å². The molecule has 27 heavy (non-hydrogen) atoms. The molecule has 1 aromatic heterocycles. The maximum atomic E-state index is 13.3. The number of fused-ring (bicyclic) bond motifs is 1. The Balaban J connectivity index is 2.23. The van der Waals surface area contributed by atoms with Crippen molar-refractivity contribution in [1.82, 2.24) is 4.98 Å². The van der Waals surface area contributed by atoms with Crippen LogP contribution in [0.15, 0.2) is 47.3 Å². The third-order valence-corrected chi connectivity index (χ3v) is 4.19. The number of rotatable bonds is 3. The van der Waals surface area contributed by atoms with E-state index < -0.39 is 23.3 Å². The number of nitrogens with one attached hydrogen (secondary N) is 1. The summed E-state index contributed by atoms with van der Waals surface area (Å²) in [5.41, 5.74) is 0.526.